The van der Waals surface area contributed by atoms with E-state index in [0.29, 0.717) is 36.4 Å². The Kier molecular flexibility index (Phi) is 5.78. The van der Waals surface area contributed by atoms with Crippen LogP contribution in [0.1, 0.15) is 32.1 Å². The van der Waals surface area contributed by atoms with Gasteiger partial charge in [-0.05, 0) is 26.3 Å². The van der Waals surface area contributed by atoms with Crippen LogP contribution in [0.4, 0.5) is 22.0 Å². The number of hydrogen-bond donors (Lipinski definition) is 2. The second-order valence-corrected chi connectivity index (χ2v) is 7.60. The number of aliphatic hydroxyl groups excluding tert-OH is 1. The van der Waals surface area contributed by atoms with Crippen molar-refractivity contribution in [3.63, 3.8) is 0 Å². The Morgan fingerprint density at radius 3 is 2.83 bits per heavy atom. The highest BCUT2D eigenvalue weighted by molar-refractivity contribution is 5.79. The highest BCUT2D eigenvalue weighted by Gasteiger charge is 2.30. The lowest BCUT2D eigenvalue weighted by molar-refractivity contribution is 0.0194. The third-order valence-corrected chi connectivity index (χ3v) is 5.27. The Bertz CT molecular complexity index is 1030. The summed E-state index contributed by atoms with van der Waals surface area (Å²) in [6, 6.07) is 3.76. The van der Waals surface area contributed by atoms with Gasteiger partial charge in [-0.2, -0.15) is 4.98 Å². The Labute approximate surface area is 173 Å². The lowest BCUT2D eigenvalue weighted by atomic mass is 10.1. The Morgan fingerprint density at radius 1 is 1.30 bits per heavy atom. The van der Waals surface area contributed by atoms with E-state index in [1.807, 2.05) is 29.4 Å². The van der Waals surface area contributed by atoms with Crippen molar-refractivity contribution in [2.75, 3.05) is 30.4 Å². The molecule has 4 rings (SSSR count). The molecule has 0 saturated carbocycles. The first-order chi connectivity index (χ1) is 14.5. The number of halogens is 1. The number of alkyl halides is 1. The van der Waals surface area contributed by atoms with Gasteiger partial charge in [0, 0.05) is 32.0 Å². The summed E-state index contributed by atoms with van der Waals surface area (Å²) in [4.78, 5) is 19.5. The summed E-state index contributed by atoms with van der Waals surface area (Å²) in [6.07, 6.45) is 2.43. The second kappa shape index (κ2) is 8.49. The summed E-state index contributed by atoms with van der Waals surface area (Å²) < 4.78 is 21.4. The maximum Gasteiger partial charge on any atom is 0.227 e. The van der Waals surface area contributed by atoms with Gasteiger partial charge >= 0.3 is 0 Å². The molecule has 10 heteroatoms. The molecule has 3 aromatic heterocycles. The first-order valence-electron chi connectivity index (χ1n) is 9.99. The van der Waals surface area contributed by atoms with Crippen molar-refractivity contribution in [2.24, 2.45) is 0 Å². The van der Waals surface area contributed by atoms with Crippen LogP contribution in [0.2, 0.25) is 0 Å². The topological polar surface area (TPSA) is 101 Å². The van der Waals surface area contributed by atoms with E-state index in [-0.39, 0.29) is 25.3 Å². The molecule has 1 fully saturated rings. The highest BCUT2D eigenvalue weighted by Crippen LogP contribution is 2.25. The molecule has 0 bridgehead atoms. The number of methoxy groups -OCH3 is 1. The van der Waals surface area contributed by atoms with Crippen LogP contribution in [0, 0.1) is 0 Å². The van der Waals surface area contributed by atoms with Gasteiger partial charge in [-0.3, -0.25) is 0 Å². The lowest BCUT2D eigenvalue weighted by Crippen LogP contribution is -2.46. The Morgan fingerprint density at radius 2 is 2.13 bits per heavy atom. The Balaban J connectivity index is 1.57. The zero-order chi connectivity index (χ0) is 21.3. The monoisotopic (exact) mass is 415 g/mol. The molecule has 9 nitrogen and oxygen atoms in total. The summed E-state index contributed by atoms with van der Waals surface area (Å²) in [5.41, 5.74) is 1.60. The normalized spacial score (nSPS) is 19.6. The van der Waals surface area contributed by atoms with Crippen molar-refractivity contribution in [2.45, 2.75) is 45.2 Å². The molecule has 0 unspecified atom stereocenters. The van der Waals surface area contributed by atoms with Gasteiger partial charge in [0.05, 0.1) is 24.4 Å². The minimum Gasteiger partial charge on any atom is -0.388 e. The molecule has 0 amide bonds. The van der Waals surface area contributed by atoms with Crippen LogP contribution < -0.4 is 10.2 Å². The summed E-state index contributed by atoms with van der Waals surface area (Å²) in [5.74, 6) is 2.23. The average molecular weight is 415 g/mol. The maximum absolute atomic E-state index is 14.2. The molecule has 0 radical (unpaired) electrons. The number of rotatable bonds is 6. The van der Waals surface area contributed by atoms with Crippen molar-refractivity contribution in [3.05, 3.63) is 30.4 Å². The van der Waals surface area contributed by atoms with E-state index < -0.39 is 6.17 Å². The number of nitrogens with one attached hydrogen (secondary N) is 1. The molecule has 1 aliphatic heterocycles. The van der Waals surface area contributed by atoms with Crippen LogP contribution in [-0.2, 0) is 11.3 Å². The summed E-state index contributed by atoms with van der Waals surface area (Å²) in [6.45, 7) is 4.76. The van der Waals surface area contributed by atoms with Crippen LogP contribution >= 0.6 is 0 Å². The number of anilines is 3. The smallest absolute Gasteiger partial charge is 0.227 e. The standard InChI is InChI=1S/C20H26FN7O2/c1-12(2)28-15-8-18(23-9-14(15)24-19(28)11-29)25-17-4-6-22-20(26-17)27-7-5-16(30-3)13(21)10-27/h4,6,8-9,12-13,16,29H,5,7,10-11H2,1-3H3,(H,22,23,25,26)/t13-,16-/m1/s1. The minimum atomic E-state index is -1.08. The quantitative estimate of drug-likeness (QED) is 0.634. The molecule has 1 aliphatic rings. The Hall–Kier alpha value is -2.85. The largest absolute Gasteiger partial charge is 0.388 e. The van der Waals surface area contributed by atoms with E-state index in [4.69, 9.17) is 4.74 Å². The van der Waals surface area contributed by atoms with E-state index in [2.05, 4.69) is 25.3 Å². The minimum absolute atomic E-state index is 0.139. The second-order valence-electron chi connectivity index (χ2n) is 7.60. The molecular formula is C20H26FN7O2. The van der Waals surface area contributed by atoms with Crippen molar-refractivity contribution in [3.8, 4) is 0 Å². The number of aliphatic hydroxyl groups is 1. The lowest BCUT2D eigenvalue weighted by Gasteiger charge is -2.33. The molecule has 0 aromatic carbocycles. The van der Waals surface area contributed by atoms with Crippen LogP contribution in [0.15, 0.2) is 24.5 Å². The van der Waals surface area contributed by atoms with Gasteiger partial charge in [0.1, 0.15) is 35.8 Å². The van der Waals surface area contributed by atoms with Gasteiger partial charge in [0.2, 0.25) is 5.95 Å². The third kappa shape index (κ3) is 3.92. The van der Waals surface area contributed by atoms with Crippen molar-refractivity contribution in [1.82, 2.24) is 24.5 Å². The molecular weight excluding hydrogens is 389 g/mol. The van der Waals surface area contributed by atoms with Gasteiger partial charge in [-0.1, -0.05) is 0 Å². The number of fused-ring (bicyclic) bond motifs is 1. The zero-order valence-electron chi connectivity index (χ0n) is 17.3. The van der Waals surface area contributed by atoms with E-state index >= 15 is 0 Å². The molecule has 2 N–H and O–H groups in total. The molecule has 3 aromatic rings. The van der Waals surface area contributed by atoms with Gasteiger partial charge in [-0.25, -0.2) is 19.3 Å². The van der Waals surface area contributed by atoms with Gasteiger partial charge in [0.25, 0.3) is 0 Å². The first-order valence-corrected chi connectivity index (χ1v) is 9.99. The van der Waals surface area contributed by atoms with Gasteiger partial charge in [0.15, 0.2) is 0 Å². The number of pyridine rings is 1. The van der Waals surface area contributed by atoms with Crippen LogP contribution in [0.25, 0.3) is 11.0 Å². The van der Waals surface area contributed by atoms with Crippen molar-refractivity contribution < 1.29 is 14.2 Å². The molecule has 0 aliphatic carbocycles. The fourth-order valence-electron chi connectivity index (χ4n) is 3.84. The van der Waals surface area contributed by atoms with Crippen LogP contribution in [-0.4, -0.2) is 62.1 Å². The number of imidazole rings is 1. The number of piperidine rings is 1. The summed E-state index contributed by atoms with van der Waals surface area (Å²) in [7, 11) is 1.53. The van der Waals surface area contributed by atoms with Crippen molar-refractivity contribution in [1.29, 1.82) is 0 Å². The van der Waals surface area contributed by atoms with Gasteiger partial charge < -0.3 is 24.6 Å². The van der Waals surface area contributed by atoms with Crippen molar-refractivity contribution >= 4 is 28.6 Å². The predicted molar refractivity (Wildman–Crippen MR) is 112 cm³/mol. The molecule has 0 spiro atoms. The molecule has 4 heterocycles. The SMILES string of the molecule is CO[C@@H]1CCN(c2nccc(Nc3cc4c(cn3)nc(CO)n4C(C)C)n2)C[C@H]1F. The summed E-state index contributed by atoms with van der Waals surface area (Å²) >= 11 is 0. The number of aromatic nitrogens is 5. The fourth-order valence-corrected chi connectivity index (χ4v) is 3.84. The summed E-state index contributed by atoms with van der Waals surface area (Å²) in [5, 5.41) is 12.8. The zero-order valence-corrected chi connectivity index (χ0v) is 17.3. The average Bonchev–Trinajstić information content (AvgIpc) is 3.12. The van der Waals surface area contributed by atoms with E-state index in [1.54, 1.807) is 18.5 Å². The molecule has 2 atom stereocenters. The predicted octanol–water partition coefficient (Wildman–Crippen LogP) is 2.60. The van der Waals surface area contributed by atoms with E-state index in [1.165, 1.54) is 7.11 Å². The first kappa shape index (κ1) is 20.4. The van der Waals surface area contributed by atoms with Crippen LogP contribution in [0.3, 0.4) is 0 Å². The number of nitrogens with zero attached hydrogens (tertiary/aromatic N) is 6. The molecule has 30 heavy (non-hydrogen) atoms. The number of ether oxygens (including phenoxy) is 1. The fraction of sp³-hybridized carbons (Fsp3) is 0.500. The van der Waals surface area contributed by atoms with E-state index in [0.717, 1.165) is 11.0 Å². The third-order valence-electron chi connectivity index (χ3n) is 5.27. The number of hydrogen-bond acceptors (Lipinski definition) is 8. The maximum atomic E-state index is 14.2. The molecule has 160 valence electrons. The van der Waals surface area contributed by atoms with Gasteiger partial charge in [-0.15, -0.1) is 0 Å². The highest BCUT2D eigenvalue weighted by atomic mass is 19.1. The van der Waals surface area contributed by atoms with E-state index in [9.17, 15) is 9.50 Å². The van der Waals surface area contributed by atoms with Crippen LogP contribution in [0.5, 0.6) is 0 Å². The molecule has 1 saturated heterocycles.